The largest absolute Gasteiger partial charge is 0.480 e. The number of thiol groups is 2. The van der Waals surface area contributed by atoms with E-state index in [1.807, 2.05) is 0 Å². The molecule has 4 nitrogen and oxygen atoms in total. The first-order chi connectivity index (χ1) is 6.26. The van der Waals surface area contributed by atoms with Gasteiger partial charge < -0.3 is 10.4 Å². The average Bonchev–Trinajstić information content (AvgIpc) is 1.96. The number of rotatable bonds is 5. The number of aliphatic carboxylic acids is 1. The first kappa shape index (κ1) is 13.6. The summed E-state index contributed by atoms with van der Waals surface area (Å²) < 4.78 is -0.441. The summed E-state index contributed by atoms with van der Waals surface area (Å²) in [7, 11) is 0. The van der Waals surface area contributed by atoms with Gasteiger partial charge in [-0.05, 0) is 0 Å². The molecule has 2 N–H and O–H groups in total. The minimum Gasteiger partial charge on any atom is -0.480 e. The Kier molecular flexibility index (Phi) is 5.36. The number of carbonyl (C=O) groups is 2. The first-order valence-corrected chi connectivity index (χ1v) is 5.19. The van der Waals surface area contributed by atoms with E-state index in [1.54, 1.807) is 13.8 Å². The zero-order valence-corrected chi connectivity index (χ0v) is 9.94. The Morgan fingerprint density at radius 3 is 2.29 bits per heavy atom. The smallest absolute Gasteiger partial charge is 0.327 e. The Labute approximate surface area is 94.3 Å². The highest BCUT2D eigenvalue weighted by atomic mass is 32.1. The molecule has 6 heteroatoms. The highest BCUT2D eigenvalue weighted by Gasteiger charge is 2.22. The molecule has 0 aromatic rings. The third-order valence-electron chi connectivity index (χ3n) is 1.41. The number of hydrogen-bond acceptors (Lipinski definition) is 4. The third-order valence-corrected chi connectivity index (χ3v) is 1.93. The summed E-state index contributed by atoms with van der Waals surface area (Å²) in [5, 5.41) is 11.0. The predicted molar refractivity (Wildman–Crippen MR) is 61.1 cm³/mol. The van der Waals surface area contributed by atoms with Gasteiger partial charge >= 0.3 is 5.97 Å². The number of amides is 1. The highest BCUT2D eigenvalue weighted by Crippen LogP contribution is 2.16. The lowest BCUT2D eigenvalue weighted by atomic mass is 10.1. The molecular weight excluding hydrogens is 222 g/mol. The normalized spacial score (nSPS) is 13.4. The molecule has 0 bridgehead atoms. The van der Waals surface area contributed by atoms with Crippen molar-refractivity contribution in [2.24, 2.45) is 0 Å². The Hall–Kier alpha value is -0.360. The molecule has 1 atom stereocenters. The molecule has 0 aliphatic carbocycles. The van der Waals surface area contributed by atoms with Crippen molar-refractivity contribution in [1.82, 2.24) is 5.32 Å². The topological polar surface area (TPSA) is 66.4 Å². The summed E-state index contributed by atoms with van der Waals surface area (Å²) in [6.45, 7) is 3.57. The van der Waals surface area contributed by atoms with Crippen LogP contribution in [0.1, 0.15) is 20.3 Å². The lowest BCUT2D eigenvalue weighted by Crippen LogP contribution is -2.43. The summed E-state index contributed by atoms with van der Waals surface area (Å²) >= 11 is 8.00. The van der Waals surface area contributed by atoms with Crippen molar-refractivity contribution < 1.29 is 14.7 Å². The van der Waals surface area contributed by atoms with Gasteiger partial charge in [0.1, 0.15) is 6.04 Å². The lowest BCUT2D eigenvalue weighted by molar-refractivity contribution is -0.141. The molecule has 0 aliphatic rings. The molecule has 0 unspecified atom stereocenters. The van der Waals surface area contributed by atoms with Crippen molar-refractivity contribution in [3.8, 4) is 0 Å². The first-order valence-electron chi connectivity index (χ1n) is 4.11. The minimum absolute atomic E-state index is 0.0775. The van der Waals surface area contributed by atoms with Crippen molar-refractivity contribution in [2.75, 3.05) is 5.75 Å². The molecule has 0 spiro atoms. The Morgan fingerprint density at radius 1 is 1.50 bits per heavy atom. The van der Waals surface area contributed by atoms with E-state index < -0.39 is 16.8 Å². The molecule has 0 fully saturated rings. The number of nitrogens with one attached hydrogen (secondary N) is 1. The molecule has 0 rings (SSSR count). The molecule has 0 saturated carbocycles. The number of carboxylic acids is 1. The van der Waals surface area contributed by atoms with Gasteiger partial charge in [0, 0.05) is 16.9 Å². The maximum atomic E-state index is 11.3. The summed E-state index contributed by atoms with van der Waals surface area (Å²) in [5.74, 6) is -1.33. The van der Waals surface area contributed by atoms with Crippen LogP contribution in [0.3, 0.4) is 0 Å². The number of carbonyl (C=O) groups excluding carboxylic acids is 1. The van der Waals surface area contributed by atoms with Gasteiger partial charge in [-0.2, -0.15) is 25.3 Å². The Balaban J connectivity index is 4.11. The second-order valence-corrected chi connectivity index (χ2v) is 5.21. The molecule has 1 amide bonds. The van der Waals surface area contributed by atoms with E-state index in [0.29, 0.717) is 0 Å². The van der Waals surface area contributed by atoms with Crippen LogP contribution < -0.4 is 5.32 Å². The van der Waals surface area contributed by atoms with Gasteiger partial charge in [-0.15, -0.1) is 0 Å². The van der Waals surface area contributed by atoms with Crippen LogP contribution in [0.5, 0.6) is 0 Å². The fourth-order valence-corrected chi connectivity index (χ4v) is 1.21. The van der Waals surface area contributed by atoms with E-state index in [-0.39, 0.29) is 18.1 Å². The van der Waals surface area contributed by atoms with E-state index >= 15 is 0 Å². The molecule has 14 heavy (non-hydrogen) atoms. The van der Waals surface area contributed by atoms with Crippen LogP contribution in [0.25, 0.3) is 0 Å². The van der Waals surface area contributed by atoms with E-state index in [2.05, 4.69) is 30.6 Å². The monoisotopic (exact) mass is 237 g/mol. The standard InChI is InChI=1S/C8H15NO3S2/c1-8(2,14)3-6(10)9-5(4-13)7(11)12/h5,13-14H,3-4H2,1-2H3,(H,9,10)(H,11,12)/t5-/m0/s1. The van der Waals surface area contributed by atoms with Crippen molar-refractivity contribution in [3.05, 3.63) is 0 Å². The second kappa shape index (κ2) is 5.50. The number of hydrogen-bond donors (Lipinski definition) is 4. The maximum Gasteiger partial charge on any atom is 0.327 e. The van der Waals surface area contributed by atoms with Gasteiger partial charge in [-0.1, -0.05) is 13.8 Å². The summed E-state index contributed by atoms with van der Waals surface area (Å²) in [5.41, 5.74) is 0. The molecule has 0 aliphatic heterocycles. The number of carboxylic acid groups (broad SMARTS) is 1. The third kappa shape index (κ3) is 6.15. The quantitative estimate of drug-likeness (QED) is 0.529. The van der Waals surface area contributed by atoms with Crippen LogP contribution in [-0.4, -0.2) is 33.5 Å². The van der Waals surface area contributed by atoms with Crippen LogP contribution in [0.2, 0.25) is 0 Å². The summed E-state index contributed by atoms with van der Waals surface area (Å²) in [4.78, 5) is 21.8. The van der Waals surface area contributed by atoms with E-state index in [4.69, 9.17) is 5.11 Å². The fourth-order valence-electron chi connectivity index (χ4n) is 0.824. The van der Waals surface area contributed by atoms with Gasteiger partial charge in [-0.3, -0.25) is 4.79 Å². The van der Waals surface area contributed by atoms with E-state index in [0.717, 1.165) is 0 Å². The van der Waals surface area contributed by atoms with Gasteiger partial charge in [0.25, 0.3) is 0 Å². The van der Waals surface area contributed by atoms with E-state index in [1.165, 1.54) is 0 Å². The van der Waals surface area contributed by atoms with Crippen LogP contribution in [0.4, 0.5) is 0 Å². The van der Waals surface area contributed by atoms with Crippen molar-refractivity contribution >= 4 is 37.1 Å². The Bertz CT molecular complexity index is 225. The van der Waals surface area contributed by atoms with Gasteiger partial charge in [-0.25, -0.2) is 4.79 Å². The molecule has 0 heterocycles. The zero-order valence-electron chi connectivity index (χ0n) is 8.15. The molecule has 82 valence electrons. The van der Waals surface area contributed by atoms with Crippen molar-refractivity contribution in [2.45, 2.75) is 31.1 Å². The van der Waals surface area contributed by atoms with Crippen LogP contribution in [0, 0.1) is 0 Å². The molecule has 0 saturated heterocycles. The average molecular weight is 237 g/mol. The summed E-state index contributed by atoms with van der Waals surface area (Å²) in [6.07, 6.45) is 0.174. The van der Waals surface area contributed by atoms with Gasteiger partial charge in [0.2, 0.25) is 5.91 Å². The van der Waals surface area contributed by atoms with Crippen molar-refractivity contribution in [1.29, 1.82) is 0 Å². The minimum atomic E-state index is -1.08. The maximum absolute atomic E-state index is 11.3. The van der Waals surface area contributed by atoms with Gasteiger partial charge in [0.15, 0.2) is 0 Å². The summed E-state index contributed by atoms with van der Waals surface area (Å²) in [6, 6.07) is -0.929. The lowest BCUT2D eigenvalue weighted by Gasteiger charge is -2.18. The molecule has 0 aromatic carbocycles. The molecule has 0 radical (unpaired) electrons. The SMILES string of the molecule is CC(C)(S)CC(=O)N[C@@H](CS)C(=O)O. The molecular formula is C8H15NO3S2. The Morgan fingerprint density at radius 2 is 2.00 bits per heavy atom. The van der Waals surface area contributed by atoms with Crippen LogP contribution in [-0.2, 0) is 9.59 Å². The van der Waals surface area contributed by atoms with Gasteiger partial charge in [0.05, 0.1) is 0 Å². The fraction of sp³-hybridized carbons (Fsp3) is 0.750. The highest BCUT2D eigenvalue weighted by molar-refractivity contribution is 7.81. The zero-order chi connectivity index (χ0) is 11.4. The van der Waals surface area contributed by atoms with Crippen LogP contribution in [0.15, 0.2) is 0 Å². The molecule has 0 aromatic heterocycles. The van der Waals surface area contributed by atoms with Crippen molar-refractivity contribution in [3.63, 3.8) is 0 Å². The predicted octanol–water partition coefficient (Wildman–Crippen LogP) is 0.584. The second-order valence-electron chi connectivity index (χ2n) is 3.63. The van der Waals surface area contributed by atoms with E-state index in [9.17, 15) is 9.59 Å². The van der Waals surface area contributed by atoms with Crippen LogP contribution >= 0.6 is 25.3 Å².